The van der Waals surface area contributed by atoms with E-state index >= 15 is 0 Å². The monoisotopic (exact) mass is 249 g/mol. The van der Waals surface area contributed by atoms with Crippen molar-refractivity contribution in [3.05, 3.63) is 24.0 Å². The van der Waals surface area contributed by atoms with Gasteiger partial charge in [-0.1, -0.05) is 0 Å². The molecule has 1 fully saturated rings. The van der Waals surface area contributed by atoms with E-state index in [0.717, 1.165) is 19.6 Å². The molecule has 3 N–H and O–H groups in total. The molecule has 1 aliphatic heterocycles. The van der Waals surface area contributed by atoms with Crippen LogP contribution in [0.1, 0.15) is 17.4 Å². The molecule has 2 heterocycles. The molecule has 0 radical (unpaired) electrons. The van der Waals surface area contributed by atoms with Gasteiger partial charge in [0.05, 0.1) is 11.9 Å². The average molecular weight is 249 g/mol. The number of nitrogen functional groups attached to an aromatic ring is 1. The van der Waals surface area contributed by atoms with Crippen molar-refractivity contribution in [2.75, 3.05) is 32.1 Å². The fraction of sp³-hybridized carbons (Fsp3) is 0.500. The summed E-state index contributed by atoms with van der Waals surface area (Å²) in [6.07, 6.45) is 1.56. The summed E-state index contributed by atoms with van der Waals surface area (Å²) in [5, 5.41) is 0. The maximum absolute atomic E-state index is 12.2. The maximum Gasteiger partial charge on any atom is 0.272 e. The molecule has 1 unspecified atom stereocenters. The largest absolute Gasteiger partial charge is 0.334 e. The van der Waals surface area contributed by atoms with Crippen LogP contribution in [0.3, 0.4) is 0 Å². The van der Waals surface area contributed by atoms with Crippen LogP contribution in [0.5, 0.6) is 0 Å². The third kappa shape index (κ3) is 2.60. The minimum absolute atomic E-state index is 0.0153. The molecule has 2 rings (SSSR count). The van der Waals surface area contributed by atoms with Gasteiger partial charge in [-0.25, -0.2) is 4.98 Å². The standard InChI is InChI=1S/C12H19N5O/c1-9-8-17(6-5-16(9)2)12(18)11-4-3-10(15-13)7-14-11/h3-4,7,9,15H,5-6,8,13H2,1-2H3. The molecule has 0 aromatic carbocycles. The van der Waals surface area contributed by atoms with Gasteiger partial charge in [0.25, 0.3) is 5.91 Å². The number of aromatic nitrogens is 1. The molecule has 1 amide bonds. The quantitative estimate of drug-likeness (QED) is 0.576. The number of hydrazine groups is 1. The number of rotatable bonds is 2. The molecule has 1 aromatic rings. The maximum atomic E-state index is 12.2. The lowest BCUT2D eigenvalue weighted by Crippen LogP contribution is -2.52. The Morgan fingerprint density at radius 2 is 2.28 bits per heavy atom. The third-order valence-electron chi connectivity index (χ3n) is 3.40. The number of nitrogens with two attached hydrogens (primary N) is 1. The van der Waals surface area contributed by atoms with Gasteiger partial charge in [-0.3, -0.25) is 10.6 Å². The molecule has 0 spiro atoms. The van der Waals surface area contributed by atoms with Gasteiger partial charge in [0.1, 0.15) is 5.69 Å². The summed E-state index contributed by atoms with van der Waals surface area (Å²) in [5.74, 6) is 5.25. The number of pyridine rings is 1. The van der Waals surface area contributed by atoms with Crippen molar-refractivity contribution in [1.82, 2.24) is 14.8 Å². The van der Waals surface area contributed by atoms with E-state index in [1.54, 1.807) is 18.3 Å². The molecular weight excluding hydrogens is 230 g/mol. The third-order valence-corrected chi connectivity index (χ3v) is 3.40. The van der Waals surface area contributed by atoms with Crippen LogP contribution in [0.2, 0.25) is 0 Å². The molecule has 1 saturated heterocycles. The van der Waals surface area contributed by atoms with Gasteiger partial charge in [0, 0.05) is 25.7 Å². The number of likely N-dealkylation sites (N-methyl/N-ethyl adjacent to an activating group) is 1. The fourth-order valence-corrected chi connectivity index (χ4v) is 2.00. The number of amides is 1. The molecule has 0 saturated carbocycles. The second-order valence-corrected chi connectivity index (χ2v) is 4.66. The Kier molecular flexibility index (Phi) is 3.78. The Morgan fingerprint density at radius 3 is 2.83 bits per heavy atom. The first-order chi connectivity index (χ1) is 8.61. The van der Waals surface area contributed by atoms with Crippen molar-refractivity contribution in [1.29, 1.82) is 0 Å². The van der Waals surface area contributed by atoms with Gasteiger partial charge in [0.2, 0.25) is 0 Å². The fourth-order valence-electron chi connectivity index (χ4n) is 2.00. The lowest BCUT2D eigenvalue weighted by Gasteiger charge is -2.37. The van der Waals surface area contributed by atoms with E-state index in [4.69, 9.17) is 5.84 Å². The van der Waals surface area contributed by atoms with Crippen molar-refractivity contribution in [3.63, 3.8) is 0 Å². The summed E-state index contributed by atoms with van der Waals surface area (Å²) in [5.41, 5.74) is 3.65. The van der Waals surface area contributed by atoms with Gasteiger partial charge in [-0.2, -0.15) is 0 Å². The first kappa shape index (κ1) is 12.8. The van der Waals surface area contributed by atoms with Crippen LogP contribution < -0.4 is 11.3 Å². The molecule has 6 heteroatoms. The van der Waals surface area contributed by atoms with Crippen LogP contribution >= 0.6 is 0 Å². The van der Waals surface area contributed by atoms with Gasteiger partial charge < -0.3 is 15.2 Å². The van der Waals surface area contributed by atoms with Crippen LogP contribution in [0.4, 0.5) is 5.69 Å². The second kappa shape index (κ2) is 5.32. The van der Waals surface area contributed by atoms with Crippen molar-refractivity contribution in [2.45, 2.75) is 13.0 Å². The molecule has 1 aliphatic rings. The summed E-state index contributed by atoms with van der Waals surface area (Å²) >= 11 is 0. The Balaban J connectivity index is 2.06. The lowest BCUT2D eigenvalue weighted by molar-refractivity contribution is 0.0567. The molecule has 98 valence electrons. The zero-order valence-corrected chi connectivity index (χ0v) is 10.8. The highest BCUT2D eigenvalue weighted by Gasteiger charge is 2.25. The van der Waals surface area contributed by atoms with Gasteiger partial charge in [-0.05, 0) is 26.1 Å². The predicted molar refractivity (Wildman–Crippen MR) is 70.0 cm³/mol. The van der Waals surface area contributed by atoms with Gasteiger partial charge in [-0.15, -0.1) is 0 Å². The van der Waals surface area contributed by atoms with E-state index in [2.05, 4.69) is 29.3 Å². The number of hydrogen-bond acceptors (Lipinski definition) is 5. The number of hydrogen-bond donors (Lipinski definition) is 2. The van der Waals surface area contributed by atoms with E-state index in [1.807, 2.05) is 4.90 Å². The van der Waals surface area contributed by atoms with E-state index in [1.165, 1.54) is 0 Å². The summed E-state index contributed by atoms with van der Waals surface area (Å²) in [7, 11) is 2.08. The topological polar surface area (TPSA) is 74.5 Å². The first-order valence-corrected chi connectivity index (χ1v) is 6.04. The van der Waals surface area contributed by atoms with Crippen molar-refractivity contribution in [2.24, 2.45) is 5.84 Å². The summed E-state index contributed by atoms with van der Waals surface area (Å²) in [4.78, 5) is 20.5. The molecule has 18 heavy (non-hydrogen) atoms. The molecule has 0 bridgehead atoms. The van der Waals surface area contributed by atoms with Gasteiger partial charge in [0.15, 0.2) is 0 Å². The van der Waals surface area contributed by atoms with Crippen LogP contribution in [0, 0.1) is 0 Å². The zero-order valence-electron chi connectivity index (χ0n) is 10.8. The highest BCUT2D eigenvalue weighted by Crippen LogP contribution is 2.11. The summed E-state index contributed by atoms with van der Waals surface area (Å²) in [6.45, 7) is 4.51. The van der Waals surface area contributed by atoms with E-state index in [0.29, 0.717) is 17.4 Å². The highest BCUT2D eigenvalue weighted by atomic mass is 16.2. The minimum atomic E-state index is -0.0153. The number of carbonyl (C=O) groups excluding carboxylic acids is 1. The van der Waals surface area contributed by atoms with Crippen LogP contribution in [-0.4, -0.2) is 53.4 Å². The molecule has 1 atom stereocenters. The number of carbonyl (C=O) groups is 1. The molecule has 1 aromatic heterocycles. The molecule has 0 aliphatic carbocycles. The summed E-state index contributed by atoms with van der Waals surface area (Å²) in [6, 6.07) is 3.83. The Morgan fingerprint density at radius 1 is 1.50 bits per heavy atom. The predicted octanol–water partition coefficient (Wildman–Crippen LogP) is 0.143. The zero-order chi connectivity index (χ0) is 13.1. The van der Waals surface area contributed by atoms with Gasteiger partial charge >= 0.3 is 0 Å². The van der Waals surface area contributed by atoms with Crippen molar-refractivity contribution >= 4 is 11.6 Å². The van der Waals surface area contributed by atoms with Crippen LogP contribution in [0.15, 0.2) is 18.3 Å². The summed E-state index contributed by atoms with van der Waals surface area (Å²) < 4.78 is 0. The van der Waals surface area contributed by atoms with Crippen molar-refractivity contribution < 1.29 is 4.79 Å². The second-order valence-electron chi connectivity index (χ2n) is 4.66. The molecular formula is C12H19N5O. The molecule has 6 nitrogen and oxygen atoms in total. The van der Waals surface area contributed by atoms with E-state index < -0.39 is 0 Å². The Bertz CT molecular complexity index is 419. The highest BCUT2D eigenvalue weighted by molar-refractivity contribution is 5.92. The number of anilines is 1. The SMILES string of the molecule is CC1CN(C(=O)c2ccc(NN)cn2)CCN1C. The van der Waals surface area contributed by atoms with Crippen LogP contribution in [0.25, 0.3) is 0 Å². The van der Waals surface area contributed by atoms with E-state index in [9.17, 15) is 4.79 Å². The Hall–Kier alpha value is -1.66. The van der Waals surface area contributed by atoms with E-state index in [-0.39, 0.29) is 5.91 Å². The first-order valence-electron chi connectivity index (χ1n) is 6.04. The number of nitrogens with one attached hydrogen (secondary N) is 1. The minimum Gasteiger partial charge on any atom is -0.334 e. The average Bonchev–Trinajstić information content (AvgIpc) is 2.41. The smallest absolute Gasteiger partial charge is 0.272 e. The lowest BCUT2D eigenvalue weighted by atomic mass is 10.2. The van der Waals surface area contributed by atoms with Crippen molar-refractivity contribution in [3.8, 4) is 0 Å². The van der Waals surface area contributed by atoms with Crippen LogP contribution in [-0.2, 0) is 0 Å². The number of nitrogens with zero attached hydrogens (tertiary/aromatic N) is 3. The normalized spacial score (nSPS) is 20.8. The number of piperazine rings is 1. The Labute approximate surface area is 107 Å².